The SMILES string of the molecule is Cc1cc(NC(=O)c2ccc(Cl)cn2)nc(=O)[nH]1. The minimum absolute atomic E-state index is 0.179. The third-order valence-electron chi connectivity index (χ3n) is 2.08. The maximum Gasteiger partial charge on any atom is 0.347 e. The zero-order valence-corrected chi connectivity index (χ0v) is 10.2. The molecule has 1 amide bonds. The molecule has 2 heterocycles. The van der Waals surface area contributed by atoms with Crippen molar-refractivity contribution < 1.29 is 4.79 Å². The van der Waals surface area contributed by atoms with E-state index in [1.165, 1.54) is 12.3 Å². The highest BCUT2D eigenvalue weighted by atomic mass is 35.5. The number of nitrogens with zero attached hydrogens (tertiary/aromatic N) is 2. The Morgan fingerprint density at radius 3 is 2.83 bits per heavy atom. The number of aromatic amines is 1. The second-order valence-electron chi connectivity index (χ2n) is 3.57. The van der Waals surface area contributed by atoms with E-state index in [4.69, 9.17) is 11.6 Å². The molecule has 18 heavy (non-hydrogen) atoms. The summed E-state index contributed by atoms with van der Waals surface area (Å²) in [5, 5.41) is 2.93. The number of aromatic nitrogens is 3. The molecule has 92 valence electrons. The van der Waals surface area contributed by atoms with Gasteiger partial charge in [0.05, 0.1) is 5.02 Å². The fraction of sp³-hybridized carbons (Fsp3) is 0.0909. The first-order valence-electron chi connectivity index (χ1n) is 5.05. The van der Waals surface area contributed by atoms with Crippen molar-refractivity contribution >= 4 is 23.3 Å². The molecule has 0 atom stereocenters. The average Bonchev–Trinajstić information content (AvgIpc) is 2.28. The van der Waals surface area contributed by atoms with Crippen LogP contribution in [0.3, 0.4) is 0 Å². The van der Waals surface area contributed by atoms with Gasteiger partial charge in [-0.3, -0.25) is 4.79 Å². The van der Waals surface area contributed by atoms with E-state index in [-0.39, 0.29) is 11.5 Å². The Morgan fingerprint density at radius 2 is 2.22 bits per heavy atom. The van der Waals surface area contributed by atoms with Crippen molar-refractivity contribution in [2.75, 3.05) is 5.32 Å². The minimum Gasteiger partial charge on any atom is -0.310 e. The third-order valence-corrected chi connectivity index (χ3v) is 2.30. The summed E-state index contributed by atoms with van der Waals surface area (Å²) in [7, 11) is 0. The van der Waals surface area contributed by atoms with Gasteiger partial charge in [-0.2, -0.15) is 4.98 Å². The predicted octanol–water partition coefficient (Wildman–Crippen LogP) is 1.38. The first-order chi connectivity index (χ1) is 8.54. The number of carbonyl (C=O) groups is 1. The number of H-pyrrole nitrogens is 1. The zero-order chi connectivity index (χ0) is 13.1. The average molecular weight is 265 g/mol. The van der Waals surface area contributed by atoms with Gasteiger partial charge in [-0.15, -0.1) is 0 Å². The fourth-order valence-corrected chi connectivity index (χ4v) is 1.45. The van der Waals surface area contributed by atoms with Crippen LogP contribution in [0.4, 0.5) is 5.82 Å². The normalized spacial score (nSPS) is 10.1. The number of nitrogens with one attached hydrogen (secondary N) is 2. The van der Waals surface area contributed by atoms with E-state index in [0.29, 0.717) is 10.7 Å². The minimum atomic E-state index is -0.519. The summed E-state index contributed by atoms with van der Waals surface area (Å²) < 4.78 is 0. The van der Waals surface area contributed by atoms with Gasteiger partial charge < -0.3 is 10.3 Å². The molecule has 0 bridgehead atoms. The summed E-state index contributed by atoms with van der Waals surface area (Å²) in [6, 6.07) is 4.59. The number of amides is 1. The van der Waals surface area contributed by atoms with Crippen LogP contribution in [0.2, 0.25) is 5.02 Å². The Kier molecular flexibility index (Phi) is 3.38. The van der Waals surface area contributed by atoms with E-state index in [1.807, 2.05) is 0 Å². The molecule has 0 fully saturated rings. The molecule has 2 aromatic heterocycles. The number of halogens is 1. The lowest BCUT2D eigenvalue weighted by Crippen LogP contribution is -2.19. The van der Waals surface area contributed by atoms with E-state index in [1.54, 1.807) is 19.1 Å². The fourth-order valence-electron chi connectivity index (χ4n) is 1.33. The molecule has 0 unspecified atom stereocenters. The zero-order valence-electron chi connectivity index (χ0n) is 9.40. The molecular formula is C11H9ClN4O2. The van der Waals surface area contributed by atoms with Crippen LogP contribution in [0.15, 0.2) is 29.2 Å². The maximum absolute atomic E-state index is 11.8. The van der Waals surface area contributed by atoms with Crippen molar-refractivity contribution in [2.45, 2.75) is 6.92 Å². The smallest absolute Gasteiger partial charge is 0.310 e. The molecule has 0 aliphatic heterocycles. The van der Waals surface area contributed by atoms with Crippen molar-refractivity contribution in [2.24, 2.45) is 0 Å². The molecule has 2 aromatic rings. The van der Waals surface area contributed by atoms with Crippen LogP contribution in [0, 0.1) is 6.92 Å². The molecule has 6 nitrogen and oxygen atoms in total. The highest BCUT2D eigenvalue weighted by Crippen LogP contribution is 2.08. The van der Waals surface area contributed by atoms with Crippen LogP contribution in [0.25, 0.3) is 0 Å². The van der Waals surface area contributed by atoms with Gasteiger partial charge in [0, 0.05) is 18.0 Å². The van der Waals surface area contributed by atoms with Gasteiger partial charge in [0.2, 0.25) is 0 Å². The van der Waals surface area contributed by atoms with Crippen molar-refractivity contribution in [3.05, 3.63) is 51.3 Å². The highest BCUT2D eigenvalue weighted by Gasteiger charge is 2.08. The van der Waals surface area contributed by atoms with Crippen molar-refractivity contribution in [1.29, 1.82) is 0 Å². The van der Waals surface area contributed by atoms with E-state index >= 15 is 0 Å². The number of hydrogen-bond acceptors (Lipinski definition) is 4. The van der Waals surface area contributed by atoms with Gasteiger partial charge in [0.25, 0.3) is 5.91 Å². The molecule has 2 N–H and O–H groups in total. The van der Waals surface area contributed by atoms with E-state index < -0.39 is 11.6 Å². The van der Waals surface area contributed by atoms with Gasteiger partial charge in [-0.25, -0.2) is 9.78 Å². The van der Waals surface area contributed by atoms with Crippen LogP contribution < -0.4 is 11.0 Å². The summed E-state index contributed by atoms with van der Waals surface area (Å²) in [5.41, 5.74) is 0.280. The molecule has 7 heteroatoms. The summed E-state index contributed by atoms with van der Waals surface area (Å²) in [4.78, 5) is 32.9. The van der Waals surface area contributed by atoms with E-state index in [9.17, 15) is 9.59 Å². The quantitative estimate of drug-likeness (QED) is 0.858. The highest BCUT2D eigenvalue weighted by molar-refractivity contribution is 6.30. The van der Waals surface area contributed by atoms with Crippen molar-refractivity contribution in [3.63, 3.8) is 0 Å². The summed E-state index contributed by atoms with van der Waals surface area (Å²) >= 11 is 5.67. The molecule has 0 radical (unpaired) electrons. The molecule has 0 aliphatic carbocycles. The molecule has 0 aliphatic rings. The Bertz CT molecular complexity index is 636. The van der Waals surface area contributed by atoms with Crippen LogP contribution in [0.1, 0.15) is 16.2 Å². The number of aryl methyl sites for hydroxylation is 1. The van der Waals surface area contributed by atoms with Crippen LogP contribution >= 0.6 is 11.6 Å². The van der Waals surface area contributed by atoms with Crippen molar-refractivity contribution in [1.82, 2.24) is 15.0 Å². The number of anilines is 1. The molecule has 2 rings (SSSR count). The van der Waals surface area contributed by atoms with E-state index in [0.717, 1.165) is 0 Å². The molecule has 0 saturated heterocycles. The van der Waals surface area contributed by atoms with Gasteiger partial charge in [0.15, 0.2) is 0 Å². The molecule has 0 aromatic carbocycles. The lowest BCUT2D eigenvalue weighted by atomic mass is 10.3. The Labute approximate surface area is 107 Å². The second-order valence-corrected chi connectivity index (χ2v) is 4.01. The summed E-state index contributed by atoms with van der Waals surface area (Å²) in [6.07, 6.45) is 1.37. The standard InChI is InChI=1S/C11H9ClN4O2/c1-6-4-9(16-11(18)14-6)15-10(17)8-3-2-7(12)5-13-8/h2-5H,1H3,(H2,14,15,16,17,18). The topological polar surface area (TPSA) is 87.7 Å². The number of pyridine rings is 1. The Hall–Kier alpha value is -2.21. The monoisotopic (exact) mass is 264 g/mol. The van der Waals surface area contributed by atoms with Crippen LogP contribution in [-0.4, -0.2) is 20.9 Å². The van der Waals surface area contributed by atoms with Gasteiger partial charge in [-0.05, 0) is 19.1 Å². The van der Waals surface area contributed by atoms with E-state index in [2.05, 4.69) is 20.3 Å². The maximum atomic E-state index is 11.8. The molecule has 0 spiro atoms. The van der Waals surface area contributed by atoms with Gasteiger partial charge in [-0.1, -0.05) is 11.6 Å². The Morgan fingerprint density at radius 1 is 1.44 bits per heavy atom. The first-order valence-corrected chi connectivity index (χ1v) is 5.43. The third kappa shape index (κ3) is 2.92. The van der Waals surface area contributed by atoms with Crippen molar-refractivity contribution in [3.8, 4) is 0 Å². The predicted molar refractivity (Wildman–Crippen MR) is 66.8 cm³/mol. The second kappa shape index (κ2) is 4.97. The van der Waals surface area contributed by atoms with Gasteiger partial charge in [0.1, 0.15) is 11.5 Å². The lowest BCUT2D eigenvalue weighted by molar-refractivity contribution is 0.102. The number of carbonyl (C=O) groups excluding carboxylic acids is 1. The lowest BCUT2D eigenvalue weighted by Gasteiger charge is -2.03. The molecular weight excluding hydrogens is 256 g/mol. The largest absolute Gasteiger partial charge is 0.347 e. The molecule has 0 saturated carbocycles. The van der Waals surface area contributed by atoms with Gasteiger partial charge >= 0.3 is 5.69 Å². The van der Waals surface area contributed by atoms with Crippen LogP contribution in [0.5, 0.6) is 0 Å². The number of hydrogen-bond donors (Lipinski definition) is 2. The summed E-state index contributed by atoms with van der Waals surface area (Å²) in [6.45, 7) is 1.69. The Balaban J connectivity index is 2.21. The summed E-state index contributed by atoms with van der Waals surface area (Å²) in [5.74, 6) is -0.276. The van der Waals surface area contributed by atoms with Crippen LogP contribution in [-0.2, 0) is 0 Å². The first kappa shape index (κ1) is 12.3. The number of rotatable bonds is 2.